The van der Waals surface area contributed by atoms with Crippen molar-refractivity contribution in [3.63, 3.8) is 0 Å². The van der Waals surface area contributed by atoms with Gasteiger partial charge in [0.05, 0.1) is 25.8 Å². The molecular weight excluding hydrogens is 528 g/mol. The van der Waals surface area contributed by atoms with Crippen molar-refractivity contribution in [1.82, 2.24) is 5.32 Å². The first-order valence-electron chi connectivity index (χ1n) is 12.5. The molecule has 0 fully saturated rings. The predicted octanol–water partition coefficient (Wildman–Crippen LogP) is 4.83. The Bertz CT molecular complexity index is 1530. The molecule has 11 heteroatoms. The number of esters is 1. The molecule has 0 unspecified atom stereocenters. The van der Waals surface area contributed by atoms with E-state index in [0.717, 1.165) is 11.1 Å². The van der Waals surface area contributed by atoms with E-state index < -0.39 is 29.8 Å². The largest absolute Gasteiger partial charge is 0.586 e. The van der Waals surface area contributed by atoms with Crippen LogP contribution in [0.4, 0.5) is 8.78 Å². The lowest BCUT2D eigenvalue weighted by molar-refractivity contribution is -0.286. The zero-order valence-electron chi connectivity index (χ0n) is 21.8. The lowest BCUT2D eigenvalue weighted by Crippen LogP contribution is -2.46. The molecule has 0 aromatic heterocycles. The molecule has 3 aliphatic heterocycles. The molecule has 3 aromatic carbocycles. The molecule has 3 aromatic rings. The molecule has 208 valence electrons. The van der Waals surface area contributed by atoms with Crippen LogP contribution in [0.15, 0.2) is 54.6 Å². The molecule has 0 spiro atoms. The van der Waals surface area contributed by atoms with Crippen molar-refractivity contribution in [2.75, 3.05) is 20.8 Å². The van der Waals surface area contributed by atoms with Crippen molar-refractivity contribution in [1.29, 1.82) is 0 Å². The van der Waals surface area contributed by atoms with E-state index in [1.165, 1.54) is 19.2 Å². The van der Waals surface area contributed by atoms with Crippen LogP contribution >= 0.6 is 0 Å². The maximum atomic E-state index is 13.8. The van der Waals surface area contributed by atoms with Crippen LogP contribution in [-0.4, -0.2) is 39.0 Å². The second-order valence-corrected chi connectivity index (χ2v) is 9.97. The van der Waals surface area contributed by atoms with Crippen LogP contribution in [0.1, 0.15) is 52.5 Å². The third-order valence-corrected chi connectivity index (χ3v) is 7.42. The molecule has 3 heterocycles. The number of rotatable bonds is 5. The van der Waals surface area contributed by atoms with Crippen LogP contribution < -0.4 is 29.0 Å². The monoisotopic (exact) mass is 553 g/mol. The average molecular weight is 554 g/mol. The van der Waals surface area contributed by atoms with Gasteiger partial charge in [0.2, 0.25) is 5.91 Å². The summed E-state index contributed by atoms with van der Waals surface area (Å²) in [7, 11) is 2.85. The third-order valence-electron chi connectivity index (χ3n) is 7.42. The van der Waals surface area contributed by atoms with Gasteiger partial charge in [0, 0.05) is 29.7 Å². The topological polar surface area (TPSA) is 102 Å². The van der Waals surface area contributed by atoms with Crippen molar-refractivity contribution < 1.29 is 46.8 Å². The van der Waals surface area contributed by atoms with Crippen LogP contribution in [0.25, 0.3) is 0 Å². The molecule has 6 rings (SSSR count). The normalized spacial score (nSPS) is 23.2. The fourth-order valence-electron chi connectivity index (χ4n) is 5.23. The molecule has 1 amide bonds. The minimum atomic E-state index is -3.79. The zero-order valence-corrected chi connectivity index (χ0v) is 21.8. The Morgan fingerprint density at radius 2 is 1.75 bits per heavy atom. The Morgan fingerprint density at radius 1 is 0.975 bits per heavy atom. The number of hydrogen-bond acceptors (Lipinski definition) is 8. The molecule has 0 saturated carbocycles. The summed E-state index contributed by atoms with van der Waals surface area (Å²) in [6, 6.07) is 14.4. The maximum absolute atomic E-state index is 13.8. The van der Waals surface area contributed by atoms with Gasteiger partial charge in [-0.3, -0.25) is 4.79 Å². The number of benzene rings is 3. The first kappa shape index (κ1) is 25.7. The highest BCUT2D eigenvalue weighted by Gasteiger charge is 2.49. The molecule has 1 N–H and O–H groups in total. The molecule has 0 bridgehead atoms. The summed E-state index contributed by atoms with van der Waals surface area (Å²) >= 11 is 0. The van der Waals surface area contributed by atoms with Crippen LogP contribution in [0.5, 0.6) is 28.7 Å². The number of carbonyl (C=O) groups excluding carboxylic acids is 2. The molecule has 3 aliphatic rings. The molecule has 9 nitrogen and oxygen atoms in total. The zero-order chi connectivity index (χ0) is 28.2. The Morgan fingerprint density at radius 3 is 2.50 bits per heavy atom. The Balaban J connectivity index is 1.31. The highest BCUT2D eigenvalue weighted by Crippen LogP contribution is 2.50. The van der Waals surface area contributed by atoms with E-state index in [9.17, 15) is 18.4 Å². The maximum Gasteiger partial charge on any atom is 0.586 e. The number of amides is 1. The number of ether oxygens (including phenoxy) is 6. The van der Waals surface area contributed by atoms with E-state index in [1.54, 1.807) is 44.4 Å². The van der Waals surface area contributed by atoms with Crippen molar-refractivity contribution in [3.8, 4) is 28.7 Å². The number of carbonyl (C=O) groups is 2. The Hall–Kier alpha value is -4.54. The lowest BCUT2D eigenvalue weighted by atomic mass is 9.82. The van der Waals surface area contributed by atoms with Crippen LogP contribution in [0.3, 0.4) is 0 Å². The van der Waals surface area contributed by atoms with Gasteiger partial charge >= 0.3 is 12.3 Å². The highest BCUT2D eigenvalue weighted by atomic mass is 19.3. The van der Waals surface area contributed by atoms with Crippen molar-refractivity contribution >= 4 is 11.9 Å². The van der Waals surface area contributed by atoms with Gasteiger partial charge in [-0.2, -0.15) is 0 Å². The molecule has 0 saturated heterocycles. The molecular formula is C29H25F2NO8. The number of nitrogens with one attached hydrogen (secondary N) is 1. The van der Waals surface area contributed by atoms with E-state index in [4.69, 9.17) is 18.9 Å². The van der Waals surface area contributed by atoms with Gasteiger partial charge in [0.15, 0.2) is 11.5 Å². The van der Waals surface area contributed by atoms with Gasteiger partial charge in [-0.05, 0) is 42.8 Å². The summed E-state index contributed by atoms with van der Waals surface area (Å²) in [4.78, 5) is 26.0. The summed E-state index contributed by atoms with van der Waals surface area (Å²) in [5.41, 5.74) is 1.05. The van der Waals surface area contributed by atoms with Gasteiger partial charge in [-0.25, -0.2) is 4.79 Å². The highest BCUT2D eigenvalue weighted by molar-refractivity contribution is 5.91. The van der Waals surface area contributed by atoms with E-state index in [1.807, 2.05) is 12.1 Å². The molecule has 0 radical (unpaired) electrons. The average Bonchev–Trinajstić information content (AvgIpc) is 3.44. The first-order chi connectivity index (χ1) is 19.1. The smallest absolute Gasteiger partial charge is 0.497 e. The minimum absolute atomic E-state index is 0.00323. The number of methoxy groups -OCH3 is 2. The fraction of sp³-hybridized carbons (Fsp3) is 0.310. The van der Waals surface area contributed by atoms with E-state index >= 15 is 0 Å². The summed E-state index contributed by atoms with van der Waals surface area (Å²) in [6.45, 7) is 1.68. The summed E-state index contributed by atoms with van der Waals surface area (Å²) in [5.74, 6) is 0.199. The Kier molecular flexibility index (Phi) is 5.97. The second-order valence-electron chi connectivity index (χ2n) is 9.97. The van der Waals surface area contributed by atoms with Gasteiger partial charge in [-0.15, -0.1) is 8.78 Å². The Labute approximate surface area is 227 Å². The van der Waals surface area contributed by atoms with Gasteiger partial charge in [-0.1, -0.05) is 12.1 Å². The second kappa shape index (κ2) is 9.29. The standard InChI is InChI=1S/C29H25F2NO8/c1-28(14-37-23-13-25-24(11-19(23)28)39-29(30,31)40-25)27(34)32-20-12-21(15-5-4-6-16(9-15)26(33)36-3)38-22-10-17(35-2)7-8-18(20)22/h4-11,13,20-21H,12,14H2,1-3H3,(H,32,34)/t20-,21-,28-/m1/s1. The van der Waals surface area contributed by atoms with Gasteiger partial charge in [0.1, 0.15) is 35.4 Å². The number of alkyl halides is 2. The lowest BCUT2D eigenvalue weighted by Gasteiger charge is -2.35. The first-order valence-corrected chi connectivity index (χ1v) is 12.5. The van der Waals surface area contributed by atoms with E-state index in [-0.39, 0.29) is 29.8 Å². The fourth-order valence-corrected chi connectivity index (χ4v) is 5.23. The molecule has 3 atom stereocenters. The van der Waals surface area contributed by atoms with Crippen LogP contribution in [-0.2, 0) is 14.9 Å². The van der Waals surface area contributed by atoms with E-state index in [0.29, 0.717) is 29.0 Å². The van der Waals surface area contributed by atoms with Gasteiger partial charge < -0.3 is 33.7 Å². The molecule has 40 heavy (non-hydrogen) atoms. The minimum Gasteiger partial charge on any atom is -0.497 e. The molecule has 0 aliphatic carbocycles. The predicted molar refractivity (Wildman–Crippen MR) is 135 cm³/mol. The van der Waals surface area contributed by atoms with Gasteiger partial charge in [0.25, 0.3) is 0 Å². The third kappa shape index (κ3) is 4.31. The number of fused-ring (bicyclic) bond motifs is 3. The summed E-state index contributed by atoms with van der Waals surface area (Å²) in [6.07, 6.45) is -3.94. The van der Waals surface area contributed by atoms with Crippen molar-refractivity contribution in [3.05, 3.63) is 76.9 Å². The van der Waals surface area contributed by atoms with Crippen molar-refractivity contribution in [2.45, 2.75) is 37.2 Å². The SMILES string of the molecule is COC(=O)c1cccc([C@H]2C[C@@H](NC(=O)[C@]3(C)COc4cc5c(cc43)OC(F)(F)O5)c3ccc(OC)cc3O2)c1. The van der Waals surface area contributed by atoms with Crippen LogP contribution in [0, 0.1) is 0 Å². The summed E-state index contributed by atoms with van der Waals surface area (Å²) in [5, 5.41) is 3.12. The van der Waals surface area contributed by atoms with E-state index in [2.05, 4.69) is 14.8 Å². The quantitative estimate of drug-likeness (QED) is 0.449. The number of halogens is 2. The summed E-state index contributed by atoms with van der Waals surface area (Å²) < 4.78 is 58.6. The van der Waals surface area contributed by atoms with Crippen LogP contribution in [0.2, 0.25) is 0 Å². The number of hydrogen-bond donors (Lipinski definition) is 1. The van der Waals surface area contributed by atoms with Crippen molar-refractivity contribution in [2.24, 2.45) is 0 Å².